The Kier molecular flexibility index (Phi) is 4.16. The summed E-state index contributed by atoms with van der Waals surface area (Å²) < 4.78 is 1.83. The number of aromatic hydroxyl groups is 1. The van der Waals surface area contributed by atoms with Gasteiger partial charge in [0.25, 0.3) is 0 Å². The van der Waals surface area contributed by atoms with Gasteiger partial charge in [0, 0.05) is 12.5 Å². The highest BCUT2D eigenvalue weighted by molar-refractivity contribution is 5.38. The van der Waals surface area contributed by atoms with E-state index in [0.717, 1.165) is 29.9 Å². The van der Waals surface area contributed by atoms with E-state index in [2.05, 4.69) is 24.2 Å². The van der Waals surface area contributed by atoms with Gasteiger partial charge in [-0.1, -0.05) is 19.1 Å². The van der Waals surface area contributed by atoms with Crippen LogP contribution in [0, 0.1) is 0 Å². The van der Waals surface area contributed by atoms with E-state index in [1.54, 1.807) is 12.1 Å². The number of rotatable bonds is 5. The molecule has 2 rings (SSSR count). The van der Waals surface area contributed by atoms with Crippen LogP contribution < -0.4 is 5.73 Å². The van der Waals surface area contributed by atoms with E-state index < -0.39 is 0 Å². The molecule has 0 saturated heterocycles. The Morgan fingerprint density at radius 1 is 1.21 bits per heavy atom. The van der Waals surface area contributed by atoms with E-state index in [1.807, 2.05) is 16.8 Å². The molecule has 0 unspecified atom stereocenters. The first kappa shape index (κ1) is 13.5. The monoisotopic (exact) mass is 260 g/mol. The maximum absolute atomic E-state index is 9.36. The third-order valence-corrected chi connectivity index (χ3v) is 3.44. The third-order valence-electron chi connectivity index (χ3n) is 3.44. The number of phenolic OH excluding ortho intramolecular Hbond substituents is 1. The van der Waals surface area contributed by atoms with Crippen molar-refractivity contribution in [2.45, 2.75) is 39.2 Å². The molecule has 1 heterocycles. The summed E-state index contributed by atoms with van der Waals surface area (Å²) >= 11 is 0. The second-order valence-corrected chi connectivity index (χ2v) is 4.57. The molecule has 0 saturated carbocycles. The van der Waals surface area contributed by atoms with E-state index >= 15 is 0 Å². The summed E-state index contributed by atoms with van der Waals surface area (Å²) in [5, 5.41) is 17.7. The van der Waals surface area contributed by atoms with Gasteiger partial charge in [0.05, 0.1) is 11.4 Å². The molecule has 3 N–H and O–H groups in total. The zero-order chi connectivity index (χ0) is 13.8. The van der Waals surface area contributed by atoms with Crippen LogP contribution in [0.1, 0.15) is 44.0 Å². The lowest BCUT2D eigenvalue weighted by atomic mass is 9.97. The van der Waals surface area contributed by atoms with Crippen molar-refractivity contribution < 1.29 is 5.11 Å². The maximum atomic E-state index is 9.36. The molecule has 0 radical (unpaired) electrons. The van der Waals surface area contributed by atoms with Gasteiger partial charge in [-0.25, -0.2) is 4.68 Å². The Hall–Kier alpha value is -1.88. The van der Waals surface area contributed by atoms with Gasteiger partial charge in [-0.2, -0.15) is 0 Å². The first-order valence-electron chi connectivity index (χ1n) is 6.65. The highest BCUT2D eigenvalue weighted by atomic mass is 16.3. The van der Waals surface area contributed by atoms with Crippen molar-refractivity contribution in [1.29, 1.82) is 0 Å². The number of benzene rings is 1. The summed E-state index contributed by atoms with van der Waals surface area (Å²) in [7, 11) is 0. The lowest BCUT2D eigenvalue weighted by Crippen LogP contribution is -2.10. The van der Waals surface area contributed by atoms with Crippen molar-refractivity contribution in [2.24, 2.45) is 5.73 Å². The SMILES string of the molecule is CCC(CC)c1c(CN)nnn1-c1ccc(O)cc1. The second kappa shape index (κ2) is 5.84. The zero-order valence-corrected chi connectivity index (χ0v) is 11.4. The molecule has 1 aromatic heterocycles. The molecule has 19 heavy (non-hydrogen) atoms. The van der Waals surface area contributed by atoms with E-state index in [9.17, 15) is 5.11 Å². The Balaban J connectivity index is 2.51. The van der Waals surface area contributed by atoms with Gasteiger partial charge >= 0.3 is 0 Å². The van der Waals surface area contributed by atoms with Crippen molar-refractivity contribution >= 4 is 0 Å². The normalized spacial score (nSPS) is 11.2. The molecule has 5 nitrogen and oxygen atoms in total. The standard InChI is InChI=1S/C14H20N4O/c1-3-10(4-2)14-13(9-15)16-17-18(14)11-5-7-12(19)8-6-11/h5-8,10,19H,3-4,9,15H2,1-2H3. The highest BCUT2D eigenvalue weighted by Crippen LogP contribution is 2.27. The fraction of sp³-hybridized carbons (Fsp3) is 0.429. The molecule has 0 bridgehead atoms. The highest BCUT2D eigenvalue weighted by Gasteiger charge is 2.20. The van der Waals surface area contributed by atoms with Crippen LogP contribution in [-0.2, 0) is 6.54 Å². The average molecular weight is 260 g/mol. The fourth-order valence-electron chi connectivity index (χ4n) is 2.33. The van der Waals surface area contributed by atoms with Crippen molar-refractivity contribution in [3.8, 4) is 11.4 Å². The minimum Gasteiger partial charge on any atom is -0.508 e. The van der Waals surface area contributed by atoms with Crippen molar-refractivity contribution in [2.75, 3.05) is 0 Å². The predicted octanol–water partition coefficient (Wildman–Crippen LogP) is 2.34. The first-order valence-corrected chi connectivity index (χ1v) is 6.65. The van der Waals surface area contributed by atoms with Gasteiger partial charge in [-0.05, 0) is 37.1 Å². The third kappa shape index (κ3) is 2.61. The molecule has 102 valence electrons. The van der Waals surface area contributed by atoms with Crippen LogP contribution in [0.25, 0.3) is 5.69 Å². The van der Waals surface area contributed by atoms with Crippen LogP contribution >= 0.6 is 0 Å². The number of nitrogens with two attached hydrogens (primary N) is 1. The van der Waals surface area contributed by atoms with Crippen LogP contribution in [0.2, 0.25) is 0 Å². The van der Waals surface area contributed by atoms with Crippen LogP contribution in [0.3, 0.4) is 0 Å². The maximum Gasteiger partial charge on any atom is 0.115 e. The Labute approximate surface area is 113 Å². The summed E-state index contributed by atoms with van der Waals surface area (Å²) in [6.07, 6.45) is 2.05. The Morgan fingerprint density at radius 2 is 1.84 bits per heavy atom. The van der Waals surface area contributed by atoms with Crippen molar-refractivity contribution in [3.05, 3.63) is 35.7 Å². The second-order valence-electron chi connectivity index (χ2n) is 4.57. The molecule has 0 fully saturated rings. The minimum absolute atomic E-state index is 0.243. The molecule has 0 aliphatic heterocycles. The minimum atomic E-state index is 0.243. The number of hydrogen-bond acceptors (Lipinski definition) is 4. The van der Waals surface area contributed by atoms with Gasteiger partial charge in [0.2, 0.25) is 0 Å². The van der Waals surface area contributed by atoms with Gasteiger partial charge in [-0.3, -0.25) is 0 Å². The van der Waals surface area contributed by atoms with Crippen LogP contribution in [0.5, 0.6) is 5.75 Å². The number of hydrogen-bond donors (Lipinski definition) is 2. The number of nitrogens with zero attached hydrogens (tertiary/aromatic N) is 3. The molecule has 0 spiro atoms. The quantitative estimate of drug-likeness (QED) is 0.865. The average Bonchev–Trinajstić information content (AvgIpc) is 2.85. The van der Waals surface area contributed by atoms with Crippen LogP contribution in [-0.4, -0.2) is 20.1 Å². The molecule has 5 heteroatoms. The van der Waals surface area contributed by atoms with Crippen molar-refractivity contribution in [1.82, 2.24) is 15.0 Å². The van der Waals surface area contributed by atoms with Gasteiger partial charge in [-0.15, -0.1) is 5.10 Å². The Morgan fingerprint density at radius 3 is 2.37 bits per heavy atom. The molecule has 1 aromatic carbocycles. The van der Waals surface area contributed by atoms with E-state index in [-0.39, 0.29) is 5.75 Å². The molecule has 0 atom stereocenters. The molecular weight excluding hydrogens is 240 g/mol. The largest absolute Gasteiger partial charge is 0.508 e. The fourth-order valence-corrected chi connectivity index (χ4v) is 2.33. The molecule has 0 amide bonds. The first-order chi connectivity index (χ1) is 9.21. The lowest BCUT2D eigenvalue weighted by Gasteiger charge is -2.15. The predicted molar refractivity (Wildman–Crippen MR) is 74.2 cm³/mol. The summed E-state index contributed by atoms with van der Waals surface area (Å²) in [5.74, 6) is 0.634. The lowest BCUT2D eigenvalue weighted by molar-refractivity contribution is 0.475. The number of aromatic nitrogens is 3. The van der Waals surface area contributed by atoms with E-state index in [1.165, 1.54) is 0 Å². The van der Waals surface area contributed by atoms with Crippen LogP contribution in [0.4, 0.5) is 0 Å². The summed E-state index contributed by atoms with van der Waals surface area (Å²) in [6.45, 7) is 4.70. The zero-order valence-electron chi connectivity index (χ0n) is 11.4. The summed E-state index contributed by atoms with van der Waals surface area (Å²) in [4.78, 5) is 0. The van der Waals surface area contributed by atoms with Gasteiger partial charge in [0.1, 0.15) is 11.4 Å². The summed E-state index contributed by atoms with van der Waals surface area (Å²) in [6, 6.07) is 6.96. The molecule has 2 aromatic rings. The molecule has 0 aliphatic rings. The molecular formula is C14H20N4O. The topological polar surface area (TPSA) is 77.0 Å². The van der Waals surface area contributed by atoms with E-state index in [0.29, 0.717) is 12.5 Å². The van der Waals surface area contributed by atoms with E-state index in [4.69, 9.17) is 5.73 Å². The molecule has 0 aliphatic carbocycles. The van der Waals surface area contributed by atoms with Crippen molar-refractivity contribution in [3.63, 3.8) is 0 Å². The van der Waals surface area contributed by atoms with Crippen LogP contribution in [0.15, 0.2) is 24.3 Å². The van der Waals surface area contributed by atoms with Gasteiger partial charge < -0.3 is 10.8 Å². The smallest absolute Gasteiger partial charge is 0.115 e. The summed E-state index contributed by atoms with van der Waals surface area (Å²) in [5.41, 5.74) is 8.58. The van der Waals surface area contributed by atoms with Gasteiger partial charge in [0.15, 0.2) is 0 Å². The number of phenols is 1. The Bertz CT molecular complexity index is 529.